The van der Waals surface area contributed by atoms with E-state index in [0.717, 1.165) is 11.1 Å². The average molecular weight is 179 g/mol. The Hall–Kier alpha value is -1.02. The molecule has 0 saturated heterocycles. The zero-order valence-corrected chi connectivity index (χ0v) is 8.41. The van der Waals surface area contributed by atoms with Gasteiger partial charge in [-0.2, -0.15) is 0 Å². The summed E-state index contributed by atoms with van der Waals surface area (Å²) in [6, 6.07) is 5.85. The van der Waals surface area contributed by atoms with Gasteiger partial charge in [0.1, 0.15) is 5.75 Å². The predicted molar refractivity (Wildman–Crippen MR) is 54.9 cm³/mol. The molecular formula is C11H17NO. The van der Waals surface area contributed by atoms with Crippen molar-refractivity contribution in [2.24, 2.45) is 5.73 Å². The number of benzene rings is 1. The number of phenolic OH excluding ortho intramolecular Hbond substituents is 1. The Labute approximate surface area is 79.4 Å². The Balaban J connectivity index is 2.97. The molecule has 2 unspecified atom stereocenters. The minimum absolute atomic E-state index is 0.113. The van der Waals surface area contributed by atoms with E-state index < -0.39 is 0 Å². The molecule has 0 aliphatic carbocycles. The fraction of sp³-hybridized carbons (Fsp3) is 0.455. The number of hydrogen-bond acceptors (Lipinski definition) is 2. The van der Waals surface area contributed by atoms with E-state index in [2.05, 4.69) is 6.92 Å². The second-order valence-electron chi connectivity index (χ2n) is 3.69. The molecular weight excluding hydrogens is 162 g/mol. The first-order valence-corrected chi connectivity index (χ1v) is 4.57. The van der Waals surface area contributed by atoms with Gasteiger partial charge < -0.3 is 10.8 Å². The monoisotopic (exact) mass is 179 g/mol. The fourth-order valence-corrected chi connectivity index (χ4v) is 1.21. The van der Waals surface area contributed by atoms with Gasteiger partial charge in [-0.25, -0.2) is 0 Å². The van der Waals surface area contributed by atoms with Crippen molar-refractivity contribution in [2.45, 2.75) is 32.7 Å². The topological polar surface area (TPSA) is 46.2 Å². The first-order valence-electron chi connectivity index (χ1n) is 4.57. The number of hydrogen-bond donors (Lipinski definition) is 2. The van der Waals surface area contributed by atoms with Crippen LogP contribution in [-0.4, -0.2) is 11.1 Å². The lowest BCUT2D eigenvalue weighted by Gasteiger charge is -2.16. The van der Waals surface area contributed by atoms with Crippen LogP contribution in [-0.2, 0) is 0 Å². The van der Waals surface area contributed by atoms with E-state index in [1.54, 1.807) is 6.07 Å². The van der Waals surface area contributed by atoms with E-state index in [9.17, 15) is 5.11 Å². The molecule has 0 aliphatic rings. The SMILES string of the molecule is Cc1ccc(C(C)C(C)N)cc1O. The fourth-order valence-electron chi connectivity index (χ4n) is 1.21. The summed E-state index contributed by atoms with van der Waals surface area (Å²) in [5.74, 6) is 0.636. The van der Waals surface area contributed by atoms with Crippen molar-refractivity contribution in [3.05, 3.63) is 29.3 Å². The molecule has 72 valence electrons. The van der Waals surface area contributed by atoms with Crippen molar-refractivity contribution in [1.29, 1.82) is 0 Å². The summed E-state index contributed by atoms with van der Waals surface area (Å²) < 4.78 is 0. The Bertz CT molecular complexity index is 294. The number of aromatic hydroxyl groups is 1. The molecule has 2 nitrogen and oxygen atoms in total. The Morgan fingerprint density at radius 2 is 1.92 bits per heavy atom. The maximum Gasteiger partial charge on any atom is 0.118 e. The minimum atomic E-state index is 0.113. The van der Waals surface area contributed by atoms with Gasteiger partial charge in [0.05, 0.1) is 0 Å². The van der Waals surface area contributed by atoms with Crippen LogP contribution in [0.2, 0.25) is 0 Å². The summed E-state index contributed by atoms with van der Waals surface area (Å²) in [5.41, 5.74) is 7.77. The summed E-state index contributed by atoms with van der Waals surface area (Å²) in [6.45, 7) is 5.92. The molecule has 2 atom stereocenters. The minimum Gasteiger partial charge on any atom is -0.508 e. The van der Waals surface area contributed by atoms with E-state index in [1.807, 2.05) is 26.0 Å². The van der Waals surface area contributed by atoms with Gasteiger partial charge in [-0.05, 0) is 37.0 Å². The second kappa shape index (κ2) is 3.79. The van der Waals surface area contributed by atoms with Crippen molar-refractivity contribution in [3.8, 4) is 5.75 Å². The van der Waals surface area contributed by atoms with Crippen molar-refractivity contribution in [1.82, 2.24) is 0 Å². The van der Waals surface area contributed by atoms with Gasteiger partial charge >= 0.3 is 0 Å². The first kappa shape index (κ1) is 10.1. The van der Waals surface area contributed by atoms with Crippen molar-refractivity contribution in [3.63, 3.8) is 0 Å². The van der Waals surface area contributed by atoms with Gasteiger partial charge in [0.25, 0.3) is 0 Å². The number of rotatable bonds is 2. The summed E-state index contributed by atoms with van der Waals surface area (Å²) in [7, 11) is 0. The van der Waals surface area contributed by atoms with Crippen LogP contribution in [0.1, 0.15) is 30.9 Å². The lowest BCUT2D eigenvalue weighted by atomic mass is 9.94. The normalized spacial score (nSPS) is 15.4. The molecule has 0 amide bonds. The quantitative estimate of drug-likeness (QED) is 0.730. The van der Waals surface area contributed by atoms with Gasteiger partial charge in [0.2, 0.25) is 0 Å². The van der Waals surface area contributed by atoms with Gasteiger partial charge in [-0.15, -0.1) is 0 Å². The van der Waals surface area contributed by atoms with Crippen LogP contribution in [0, 0.1) is 6.92 Å². The van der Waals surface area contributed by atoms with Gasteiger partial charge in [0.15, 0.2) is 0 Å². The molecule has 0 saturated carbocycles. The lowest BCUT2D eigenvalue weighted by Crippen LogP contribution is -2.22. The van der Waals surface area contributed by atoms with Crippen molar-refractivity contribution in [2.75, 3.05) is 0 Å². The largest absolute Gasteiger partial charge is 0.508 e. The summed E-state index contributed by atoms with van der Waals surface area (Å²) >= 11 is 0. The van der Waals surface area contributed by atoms with Gasteiger partial charge in [0, 0.05) is 6.04 Å². The zero-order valence-electron chi connectivity index (χ0n) is 8.41. The van der Waals surface area contributed by atoms with Crippen LogP contribution >= 0.6 is 0 Å². The third-order valence-corrected chi connectivity index (χ3v) is 2.55. The molecule has 2 heteroatoms. The molecule has 0 aromatic heterocycles. The first-order chi connectivity index (χ1) is 6.02. The Morgan fingerprint density at radius 3 is 2.38 bits per heavy atom. The Kier molecular flexibility index (Phi) is 2.94. The molecule has 0 aliphatic heterocycles. The maximum atomic E-state index is 9.49. The average Bonchev–Trinajstić information content (AvgIpc) is 2.08. The van der Waals surface area contributed by atoms with Crippen LogP contribution < -0.4 is 5.73 Å². The van der Waals surface area contributed by atoms with Crippen molar-refractivity contribution >= 4 is 0 Å². The molecule has 0 spiro atoms. The maximum absolute atomic E-state index is 9.49. The Morgan fingerprint density at radius 1 is 1.31 bits per heavy atom. The highest BCUT2D eigenvalue weighted by molar-refractivity contribution is 5.37. The molecule has 0 fully saturated rings. The molecule has 1 aromatic carbocycles. The zero-order chi connectivity index (χ0) is 10.0. The highest BCUT2D eigenvalue weighted by Crippen LogP contribution is 2.24. The van der Waals surface area contributed by atoms with E-state index >= 15 is 0 Å². The van der Waals surface area contributed by atoms with Gasteiger partial charge in [-0.3, -0.25) is 0 Å². The van der Waals surface area contributed by atoms with E-state index in [0.29, 0.717) is 5.75 Å². The number of phenols is 1. The lowest BCUT2D eigenvalue weighted by molar-refractivity contribution is 0.468. The van der Waals surface area contributed by atoms with E-state index in [1.165, 1.54) is 0 Å². The van der Waals surface area contributed by atoms with E-state index in [4.69, 9.17) is 5.73 Å². The molecule has 13 heavy (non-hydrogen) atoms. The summed E-state index contributed by atoms with van der Waals surface area (Å²) in [6.07, 6.45) is 0. The van der Waals surface area contributed by atoms with Crippen LogP contribution in [0.15, 0.2) is 18.2 Å². The summed E-state index contributed by atoms with van der Waals surface area (Å²) in [5, 5.41) is 9.49. The van der Waals surface area contributed by atoms with E-state index in [-0.39, 0.29) is 12.0 Å². The van der Waals surface area contributed by atoms with Crippen LogP contribution in [0.5, 0.6) is 5.75 Å². The number of aryl methyl sites for hydroxylation is 1. The molecule has 1 aromatic rings. The molecule has 0 radical (unpaired) electrons. The smallest absolute Gasteiger partial charge is 0.118 e. The van der Waals surface area contributed by atoms with Crippen LogP contribution in [0.4, 0.5) is 0 Å². The second-order valence-corrected chi connectivity index (χ2v) is 3.69. The number of nitrogens with two attached hydrogens (primary N) is 1. The van der Waals surface area contributed by atoms with Crippen LogP contribution in [0.3, 0.4) is 0 Å². The highest BCUT2D eigenvalue weighted by Gasteiger charge is 2.10. The third kappa shape index (κ3) is 2.22. The highest BCUT2D eigenvalue weighted by atomic mass is 16.3. The summed E-state index contributed by atoms with van der Waals surface area (Å²) in [4.78, 5) is 0. The standard InChI is InChI=1S/C11H17NO/c1-7-4-5-10(6-11(7)13)8(2)9(3)12/h4-6,8-9,13H,12H2,1-3H3. The van der Waals surface area contributed by atoms with Crippen molar-refractivity contribution < 1.29 is 5.11 Å². The predicted octanol–water partition coefficient (Wildman–Crippen LogP) is 2.15. The molecule has 3 N–H and O–H groups in total. The molecule has 0 bridgehead atoms. The van der Waals surface area contributed by atoms with Gasteiger partial charge in [-0.1, -0.05) is 19.1 Å². The van der Waals surface area contributed by atoms with Crippen LogP contribution in [0.25, 0.3) is 0 Å². The third-order valence-electron chi connectivity index (χ3n) is 2.55. The molecule has 0 heterocycles. The molecule has 1 rings (SSSR count).